The number of hydrogen-bond acceptors (Lipinski definition) is 4. The van der Waals surface area contributed by atoms with E-state index >= 15 is 0 Å². The van der Waals surface area contributed by atoms with Crippen LogP contribution in [-0.4, -0.2) is 38.2 Å². The topological polar surface area (TPSA) is 76.7 Å². The molecular weight excluding hydrogens is 332 g/mol. The molecule has 1 atom stereocenters. The first kappa shape index (κ1) is 17.9. The molecule has 1 aliphatic rings. The Labute approximate surface area is 152 Å². The molecule has 6 nitrogen and oxygen atoms in total. The molecule has 0 aliphatic carbocycles. The molecule has 2 aromatic carbocycles. The average molecular weight is 354 g/mol. The Morgan fingerprint density at radius 3 is 2.62 bits per heavy atom. The molecule has 1 saturated heterocycles. The second-order valence-corrected chi connectivity index (χ2v) is 6.08. The lowest BCUT2D eigenvalue weighted by Crippen LogP contribution is -2.18. The van der Waals surface area contributed by atoms with E-state index in [0.717, 1.165) is 19.4 Å². The van der Waals surface area contributed by atoms with Crippen molar-refractivity contribution >= 4 is 17.5 Å². The van der Waals surface area contributed by atoms with Crippen LogP contribution in [0, 0.1) is 0 Å². The van der Waals surface area contributed by atoms with Gasteiger partial charge in [0.25, 0.3) is 11.8 Å². The summed E-state index contributed by atoms with van der Waals surface area (Å²) in [5.74, 6) is 0.238. The number of carbonyl (C=O) groups excluding carboxylic acids is 2. The van der Waals surface area contributed by atoms with Gasteiger partial charge in [-0.2, -0.15) is 0 Å². The predicted molar refractivity (Wildman–Crippen MR) is 98.7 cm³/mol. The third-order valence-electron chi connectivity index (χ3n) is 4.19. The van der Waals surface area contributed by atoms with Crippen molar-refractivity contribution < 1.29 is 19.1 Å². The number of anilines is 1. The van der Waals surface area contributed by atoms with Gasteiger partial charge in [0.15, 0.2) is 0 Å². The summed E-state index contributed by atoms with van der Waals surface area (Å²) in [6, 6.07) is 13.8. The van der Waals surface area contributed by atoms with Crippen molar-refractivity contribution in [1.29, 1.82) is 0 Å². The Kier molecular flexibility index (Phi) is 5.86. The zero-order valence-electron chi connectivity index (χ0n) is 14.7. The fourth-order valence-corrected chi connectivity index (χ4v) is 2.74. The Balaban J connectivity index is 1.60. The molecule has 1 fully saturated rings. The van der Waals surface area contributed by atoms with Crippen molar-refractivity contribution in [2.45, 2.75) is 18.9 Å². The van der Waals surface area contributed by atoms with E-state index in [-0.39, 0.29) is 17.9 Å². The van der Waals surface area contributed by atoms with Crippen molar-refractivity contribution in [3.63, 3.8) is 0 Å². The maximum Gasteiger partial charge on any atom is 0.255 e. The second kappa shape index (κ2) is 8.49. The zero-order chi connectivity index (χ0) is 18.4. The van der Waals surface area contributed by atoms with Crippen LogP contribution in [0.1, 0.15) is 33.6 Å². The molecule has 0 radical (unpaired) electrons. The van der Waals surface area contributed by atoms with Gasteiger partial charge < -0.3 is 20.1 Å². The number of carbonyl (C=O) groups is 2. The maximum absolute atomic E-state index is 12.4. The number of benzene rings is 2. The van der Waals surface area contributed by atoms with Gasteiger partial charge >= 0.3 is 0 Å². The van der Waals surface area contributed by atoms with E-state index in [1.165, 1.54) is 0 Å². The van der Waals surface area contributed by atoms with Crippen molar-refractivity contribution in [2.75, 3.05) is 25.6 Å². The maximum atomic E-state index is 12.4. The highest BCUT2D eigenvalue weighted by atomic mass is 16.5. The number of hydrogen-bond donors (Lipinski definition) is 2. The molecule has 3 rings (SSSR count). The number of nitrogens with one attached hydrogen (secondary N) is 2. The summed E-state index contributed by atoms with van der Waals surface area (Å²) in [6.45, 7) is 1.28. The van der Waals surface area contributed by atoms with Gasteiger partial charge in [0.1, 0.15) is 12.4 Å². The van der Waals surface area contributed by atoms with Crippen LogP contribution in [0.2, 0.25) is 0 Å². The average Bonchev–Trinajstić information content (AvgIpc) is 3.20. The molecule has 2 aromatic rings. The molecular formula is C20H22N2O4. The summed E-state index contributed by atoms with van der Waals surface area (Å²) in [7, 11) is 1.58. The van der Waals surface area contributed by atoms with Crippen LogP contribution >= 0.6 is 0 Å². The molecule has 1 aliphatic heterocycles. The van der Waals surface area contributed by atoms with Gasteiger partial charge in [-0.05, 0) is 55.3 Å². The van der Waals surface area contributed by atoms with Gasteiger partial charge in [-0.25, -0.2) is 0 Å². The van der Waals surface area contributed by atoms with Gasteiger partial charge in [0.2, 0.25) is 0 Å². The van der Waals surface area contributed by atoms with Crippen molar-refractivity contribution in [3.05, 3.63) is 59.7 Å². The summed E-state index contributed by atoms with van der Waals surface area (Å²) >= 11 is 0. The minimum absolute atomic E-state index is 0.131. The van der Waals surface area contributed by atoms with Crippen LogP contribution in [0.15, 0.2) is 48.5 Å². The molecule has 1 unspecified atom stereocenters. The summed E-state index contributed by atoms with van der Waals surface area (Å²) in [5, 5.41) is 5.37. The Morgan fingerprint density at radius 2 is 1.92 bits per heavy atom. The van der Waals surface area contributed by atoms with Gasteiger partial charge in [0, 0.05) is 30.5 Å². The van der Waals surface area contributed by atoms with Crippen molar-refractivity contribution in [2.24, 2.45) is 0 Å². The third kappa shape index (κ3) is 4.61. The number of amides is 2. The van der Waals surface area contributed by atoms with Crippen LogP contribution in [0.3, 0.4) is 0 Å². The number of ether oxygens (including phenoxy) is 2. The SMILES string of the molecule is CNC(=O)c1ccc(NC(=O)c2cccc(OCC3CCCO3)c2)cc1. The first-order valence-corrected chi connectivity index (χ1v) is 8.63. The van der Waals surface area contributed by atoms with E-state index in [2.05, 4.69) is 10.6 Å². The van der Waals surface area contributed by atoms with E-state index in [1.54, 1.807) is 49.5 Å². The van der Waals surface area contributed by atoms with Crippen molar-refractivity contribution in [3.8, 4) is 5.75 Å². The molecule has 0 saturated carbocycles. The smallest absolute Gasteiger partial charge is 0.255 e. The molecule has 0 spiro atoms. The van der Waals surface area contributed by atoms with Crippen LogP contribution in [0.4, 0.5) is 5.69 Å². The highest BCUT2D eigenvalue weighted by Gasteiger charge is 2.16. The lowest BCUT2D eigenvalue weighted by atomic mass is 10.1. The molecule has 6 heteroatoms. The first-order chi connectivity index (χ1) is 12.7. The van der Waals surface area contributed by atoms with E-state index < -0.39 is 0 Å². The third-order valence-corrected chi connectivity index (χ3v) is 4.19. The van der Waals surface area contributed by atoms with Crippen LogP contribution < -0.4 is 15.4 Å². The van der Waals surface area contributed by atoms with Gasteiger partial charge in [-0.15, -0.1) is 0 Å². The molecule has 2 amide bonds. The molecule has 136 valence electrons. The Morgan fingerprint density at radius 1 is 1.12 bits per heavy atom. The lowest BCUT2D eigenvalue weighted by Gasteiger charge is -2.12. The monoisotopic (exact) mass is 354 g/mol. The Hall–Kier alpha value is -2.86. The summed E-state index contributed by atoms with van der Waals surface area (Å²) in [4.78, 5) is 24.0. The van der Waals surface area contributed by atoms with E-state index in [1.807, 2.05) is 6.07 Å². The molecule has 0 aromatic heterocycles. The highest BCUT2D eigenvalue weighted by Crippen LogP contribution is 2.18. The summed E-state index contributed by atoms with van der Waals surface area (Å²) < 4.78 is 11.3. The normalized spacial score (nSPS) is 16.1. The first-order valence-electron chi connectivity index (χ1n) is 8.63. The largest absolute Gasteiger partial charge is 0.491 e. The molecule has 1 heterocycles. The lowest BCUT2D eigenvalue weighted by molar-refractivity contribution is 0.0679. The molecule has 2 N–H and O–H groups in total. The van der Waals surface area contributed by atoms with E-state index in [4.69, 9.17) is 9.47 Å². The fraction of sp³-hybridized carbons (Fsp3) is 0.300. The second-order valence-electron chi connectivity index (χ2n) is 6.08. The molecule has 0 bridgehead atoms. The van der Waals surface area contributed by atoms with Crippen LogP contribution in [0.5, 0.6) is 5.75 Å². The molecule has 26 heavy (non-hydrogen) atoms. The van der Waals surface area contributed by atoms with Crippen LogP contribution in [-0.2, 0) is 4.74 Å². The van der Waals surface area contributed by atoms with Gasteiger partial charge in [-0.1, -0.05) is 6.07 Å². The van der Waals surface area contributed by atoms with Gasteiger partial charge in [-0.3, -0.25) is 9.59 Å². The van der Waals surface area contributed by atoms with Crippen LogP contribution in [0.25, 0.3) is 0 Å². The van der Waals surface area contributed by atoms with E-state index in [0.29, 0.717) is 29.2 Å². The van der Waals surface area contributed by atoms with E-state index in [9.17, 15) is 9.59 Å². The highest BCUT2D eigenvalue weighted by molar-refractivity contribution is 6.04. The predicted octanol–water partition coefficient (Wildman–Crippen LogP) is 2.86. The van der Waals surface area contributed by atoms with Gasteiger partial charge in [0.05, 0.1) is 6.10 Å². The Bertz CT molecular complexity index is 768. The van der Waals surface area contributed by atoms with Crippen molar-refractivity contribution in [1.82, 2.24) is 5.32 Å². The quantitative estimate of drug-likeness (QED) is 0.836. The minimum atomic E-state index is -0.236. The minimum Gasteiger partial charge on any atom is -0.491 e. The number of rotatable bonds is 6. The zero-order valence-corrected chi connectivity index (χ0v) is 14.7. The fourth-order valence-electron chi connectivity index (χ4n) is 2.74. The summed E-state index contributed by atoms with van der Waals surface area (Å²) in [5.41, 5.74) is 1.66. The summed E-state index contributed by atoms with van der Waals surface area (Å²) in [6.07, 6.45) is 2.20. The standard InChI is InChI=1S/C20H22N2O4/c1-21-19(23)14-7-9-16(10-8-14)22-20(24)15-4-2-5-17(12-15)26-13-18-6-3-11-25-18/h2,4-5,7-10,12,18H,3,6,11,13H2,1H3,(H,21,23)(H,22,24).